The van der Waals surface area contributed by atoms with Gasteiger partial charge >= 0.3 is 0 Å². The third-order valence-electron chi connectivity index (χ3n) is 3.40. The number of rotatable bonds is 5. The molecule has 0 bridgehead atoms. The first-order valence-electron chi connectivity index (χ1n) is 7.05. The van der Waals surface area contributed by atoms with E-state index in [1.54, 1.807) is 11.8 Å². The van der Waals surface area contributed by atoms with Crippen molar-refractivity contribution in [2.45, 2.75) is 36.7 Å². The number of aliphatic hydroxyl groups is 1. The second kappa shape index (κ2) is 6.95. The lowest BCUT2D eigenvalue weighted by Crippen LogP contribution is -2.42. The third-order valence-corrected chi connectivity index (χ3v) is 4.35. The SMILES string of the molecule is CCSc1ccccc1C(=O)NCC1(O)C=CCCC1. The lowest BCUT2D eigenvalue weighted by molar-refractivity contribution is 0.0659. The molecule has 0 aromatic heterocycles. The molecule has 0 fully saturated rings. The summed E-state index contributed by atoms with van der Waals surface area (Å²) in [5, 5.41) is 13.2. The Morgan fingerprint density at radius 3 is 2.95 bits per heavy atom. The molecule has 1 atom stereocenters. The van der Waals surface area contributed by atoms with Crippen molar-refractivity contribution in [3.63, 3.8) is 0 Å². The van der Waals surface area contributed by atoms with Crippen LogP contribution in [0.15, 0.2) is 41.3 Å². The molecule has 1 aliphatic rings. The van der Waals surface area contributed by atoms with Crippen LogP contribution < -0.4 is 5.32 Å². The van der Waals surface area contributed by atoms with Crippen LogP contribution in [-0.4, -0.2) is 28.9 Å². The predicted octanol–water partition coefficient (Wildman–Crippen LogP) is 3.00. The number of hydrogen-bond donors (Lipinski definition) is 2. The van der Waals surface area contributed by atoms with E-state index in [4.69, 9.17) is 0 Å². The highest BCUT2D eigenvalue weighted by Gasteiger charge is 2.26. The summed E-state index contributed by atoms with van der Waals surface area (Å²) < 4.78 is 0. The quantitative estimate of drug-likeness (QED) is 0.647. The number of hydrogen-bond acceptors (Lipinski definition) is 3. The Morgan fingerprint density at radius 2 is 2.25 bits per heavy atom. The second-order valence-electron chi connectivity index (χ2n) is 5.01. The third kappa shape index (κ3) is 3.87. The van der Waals surface area contributed by atoms with E-state index in [9.17, 15) is 9.90 Å². The van der Waals surface area contributed by atoms with Crippen LogP contribution in [-0.2, 0) is 0 Å². The summed E-state index contributed by atoms with van der Waals surface area (Å²) in [7, 11) is 0. The molecule has 20 heavy (non-hydrogen) atoms. The molecule has 1 unspecified atom stereocenters. The van der Waals surface area contributed by atoms with Crippen molar-refractivity contribution >= 4 is 17.7 Å². The lowest BCUT2D eigenvalue weighted by Gasteiger charge is -2.27. The zero-order valence-electron chi connectivity index (χ0n) is 11.8. The van der Waals surface area contributed by atoms with Gasteiger partial charge in [-0.15, -0.1) is 11.8 Å². The summed E-state index contributed by atoms with van der Waals surface area (Å²) in [5.74, 6) is 0.811. The monoisotopic (exact) mass is 291 g/mol. The van der Waals surface area contributed by atoms with Crippen molar-refractivity contribution < 1.29 is 9.90 Å². The van der Waals surface area contributed by atoms with Gasteiger partial charge in [0.2, 0.25) is 0 Å². The molecule has 0 heterocycles. The molecule has 0 radical (unpaired) electrons. The Labute approximate surface area is 124 Å². The maximum atomic E-state index is 12.3. The van der Waals surface area contributed by atoms with E-state index in [2.05, 4.69) is 12.2 Å². The normalized spacial score (nSPS) is 21.7. The van der Waals surface area contributed by atoms with E-state index in [1.807, 2.05) is 36.4 Å². The topological polar surface area (TPSA) is 49.3 Å². The highest BCUT2D eigenvalue weighted by Crippen LogP contribution is 2.23. The maximum absolute atomic E-state index is 12.3. The van der Waals surface area contributed by atoms with Crippen molar-refractivity contribution in [1.29, 1.82) is 0 Å². The molecule has 0 aliphatic heterocycles. The zero-order valence-corrected chi connectivity index (χ0v) is 12.6. The van der Waals surface area contributed by atoms with Gasteiger partial charge in [-0.3, -0.25) is 4.79 Å². The minimum atomic E-state index is -0.888. The highest BCUT2D eigenvalue weighted by molar-refractivity contribution is 7.99. The van der Waals surface area contributed by atoms with Crippen LogP contribution >= 0.6 is 11.8 Å². The van der Waals surface area contributed by atoms with Crippen LogP contribution in [0.3, 0.4) is 0 Å². The number of carbonyl (C=O) groups excluding carboxylic acids is 1. The van der Waals surface area contributed by atoms with Gasteiger partial charge in [-0.25, -0.2) is 0 Å². The highest BCUT2D eigenvalue weighted by atomic mass is 32.2. The molecule has 0 saturated heterocycles. The summed E-state index contributed by atoms with van der Waals surface area (Å²) in [6.45, 7) is 2.34. The van der Waals surface area contributed by atoms with Crippen molar-refractivity contribution in [1.82, 2.24) is 5.32 Å². The number of thioether (sulfide) groups is 1. The number of carbonyl (C=O) groups is 1. The summed E-state index contributed by atoms with van der Waals surface area (Å²) in [4.78, 5) is 13.3. The van der Waals surface area contributed by atoms with E-state index < -0.39 is 5.60 Å². The molecule has 0 saturated carbocycles. The van der Waals surface area contributed by atoms with Crippen molar-refractivity contribution in [2.24, 2.45) is 0 Å². The van der Waals surface area contributed by atoms with Crippen LogP contribution in [0.2, 0.25) is 0 Å². The lowest BCUT2D eigenvalue weighted by atomic mass is 9.91. The van der Waals surface area contributed by atoms with Gasteiger partial charge in [0.15, 0.2) is 0 Å². The van der Waals surface area contributed by atoms with Crippen LogP contribution in [0, 0.1) is 0 Å². The summed E-state index contributed by atoms with van der Waals surface area (Å²) in [6, 6.07) is 7.59. The van der Waals surface area contributed by atoms with E-state index in [0.717, 1.165) is 23.5 Å². The average Bonchev–Trinajstić information content (AvgIpc) is 2.47. The molecule has 1 aromatic rings. The smallest absolute Gasteiger partial charge is 0.252 e. The molecule has 2 N–H and O–H groups in total. The first-order valence-corrected chi connectivity index (χ1v) is 8.03. The fourth-order valence-corrected chi connectivity index (χ4v) is 3.13. The summed E-state index contributed by atoms with van der Waals surface area (Å²) in [5.41, 5.74) is -0.205. The van der Waals surface area contributed by atoms with Crippen LogP contribution in [0.4, 0.5) is 0 Å². The molecule has 1 aromatic carbocycles. The fraction of sp³-hybridized carbons (Fsp3) is 0.438. The molecule has 0 spiro atoms. The first-order chi connectivity index (χ1) is 9.64. The Bertz CT molecular complexity index is 501. The summed E-state index contributed by atoms with van der Waals surface area (Å²) >= 11 is 1.65. The Kier molecular flexibility index (Phi) is 5.26. The number of allylic oxidation sites excluding steroid dienone is 1. The predicted molar refractivity (Wildman–Crippen MR) is 83.1 cm³/mol. The van der Waals surface area contributed by atoms with Gasteiger partial charge in [0.1, 0.15) is 0 Å². The van der Waals surface area contributed by atoms with Gasteiger partial charge in [0.05, 0.1) is 17.7 Å². The van der Waals surface area contributed by atoms with Crippen molar-refractivity contribution in [2.75, 3.05) is 12.3 Å². The van der Waals surface area contributed by atoms with E-state index in [0.29, 0.717) is 12.0 Å². The largest absolute Gasteiger partial charge is 0.384 e. The second-order valence-corrected chi connectivity index (χ2v) is 6.32. The first kappa shape index (κ1) is 15.1. The molecule has 4 heteroatoms. The van der Waals surface area contributed by atoms with Crippen molar-refractivity contribution in [3.8, 4) is 0 Å². The van der Waals surface area contributed by atoms with Gasteiger partial charge in [-0.05, 0) is 37.1 Å². The Balaban J connectivity index is 2.01. The van der Waals surface area contributed by atoms with Gasteiger partial charge in [0.25, 0.3) is 5.91 Å². The van der Waals surface area contributed by atoms with Crippen molar-refractivity contribution in [3.05, 3.63) is 42.0 Å². The minimum Gasteiger partial charge on any atom is -0.384 e. The van der Waals surface area contributed by atoms with Crippen LogP contribution in [0.25, 0.3) is 0 Å². The zero-order chi connectivity index (χ0) is 14.4. The average molecular weight is 291 g/mol. The van der Waals surface area contributed by atoms with E-state index in [1.165, 1.54) is 0 Å². The molecule has 1 amide bonds. The standard InChI is InChI=1S/C16H21NO2S/c1-2-20-14-9-5-4-8-13(14)15(18)17-12-16(19)10-6-3-7-11-16/h4-6,8-10,19H,2-3,7,11-12H2,1H3,(H,17,18). The van der Waals surface area contributed by atoms with Gasteiger partial charge in [-0.2, -0.15) is 0 Å². The molecular weight excluding hydrogens is 270 g/mol. The minimum absolute atomic E-state index is 0.117. The van der Waals surface area contributed by atoms with E-state index in [-0.39, 0.29) is 12.5 Å². The number of benzene rings is 1. The number of amides is 1. The number of nitrogens with one attached hydrogen (secondary N) is 1. The van der Waals surface area contributed by atoms with E-state index >= 15 is 0 Å². The molecule has 108 valence electrons. The van der Waals surface area contributed by atoms with Gasteiger partial charge in [-0.1, -0.05) is 31.2 Å². The molecular formula is C16H21NO2S. The van der Waals surface area contributed by atoms with Gasteiger partial charge in [0, 0.05) is 4.90 Å². The molecule has 3 nitrogen and oxygen atoms in total. The Hall–Kier alpha value is -1.26. The van der Waals surface area contributed by atoms with Gasteiger partial charge < -0.3 is 10.4 Å². The maximum Gasteiger partial charge on any atom is 0.252 e. The van der Waals surface area contributed by atoms with Crippen LogP contribution in [0.5, 0.6) is 0 Å². The fourth-order valence-electron chi connectivity index (χ4n) is 2.32. The molecule has 2 rings (SSSR count). The Morgan fingerprint density at radius 1 is 1.45 bits per heavy atom. The summed E-state index contributed by atoms with van der Waals surface area (Å²) in [6.07, 6.45) is 6.46. The molecule has 1 aliphatic carbocycles. The van der Waals surface area contributed by atoms with Crippen LogP contribution in [0.1, 0.15) is 36.5 Å².